The van der Waals surface area contributed by atoms with Crippen molar-refractivity contribution in [2.24, 2.45) is 0 Å². The molecule has 0 aliphatic carbocycles. The first-order valence-electron chi connectivity index (χ1n) is 19.1. The van der Waals surface area contributed by atoms with E-state index in [1.807, 2.05) is 30.3 Å². The summed E-state index contributed by atoms with van der Waals surface area (Å²) in [5.41, 5.74) is 11.2. The lowest BCUT2D eigenvalue weighted by molar-refractivity contribution is 0.669. The van der Waals surface area contributed by atoms with Crippen LogP contribution in [0, 0.1) is 0 Å². The van der Waals surface area contributed by atoms with Gasteiger partial charge in [0.1, 0.15) is 11.2 Å². The van der Waals surface area contributed by atoms with Gasteiger partial charge in [-0.3, -0.25) is 4.57 Å². The highest BCUT2D eigenvalue weighted by Gasteiger charge is 2.20. The van der Waals surface area contributed by atoms with Gasteiger partial charge in [-0.1, -0.05) is 121 Å². The van der Waals surface area contributed by atoms with Crippen LogP contribution >= 0.6 is 0 Å². The van der Waals surface area contributed by atoms with E-state index in [2.05, 4.69) is 167 Å². The Balaban J connectivity index is 1.13. The highest BCUT2D eigenvalue weighted by atomic mass is 16.3. The van der Waals surface area contributed by atoms with Crippen molar-refractivity contribution in [2.75, 3.05) is 0 Å². The van der Waals surface area contributed by atoms with Crippen LogP contribution in [-0.2, 0) is 0 Å². The summed E-state index contributed by atoms with van der Waals surface area (Å²) in [4.78, 5) is 15.9. The maximum atomic E-state index is 6.21. The van der Waals surface area contributed by atoms with Crippen molar-refractivity contribution in [3.05, 3.63) is 188 Å². The van der Waals surface area contributed by atoms with Crippen molar-refractivity contribution >= 4 is 65.6 Å². The largest absolute Gasteiger partial charge is 0.456 e. The number of hydrogen-bond acceptors (Lipinski definition) is 4. The van der Waals surface area contributed by atoms with Crippen LogP contribution in [0.5, 0.6) is 0 Å². The summed E-state index contributed by atoms with van der Waals surface area (Å²) < 4.78 is 10.7. The SMILES string of the molecule is c1ccc(-c2ccc3c(c2)c2ccccc2n3-c2nc(-c3ccc4oc5ccccc5c4c3)nc(-c3ccc4c5ccccc5n(-c5ccccc5)c4c3)n2)cc1. The first kappa shape index (κ1) is 31.5. The van der Waals surface area contributed by atoms with Crippen LogP contribution < -0.4 is 0 Å². The fourth-order valence-electron chi connectivity index (χ4n) is 8.55. The third kappa shape index (κ3) is 4.94. The zero-order valence-electron chi connectivity index (χ0n) is 30.5. The second kappa shape index (κ2) is 12.3. The molecule has 4 heterocycles. The van der Waals surface area contributed by atoms with E-state index in [0.717, 1.165) is 77.2 Å². The van der Waals surface area contributed by atoms with Gasteiger partial charge in [0.25, 0.3) is 0 Å². The first-order valence-corrected chi connectivity index (χ1v) is 19.1. The molecule has 0 amide bonds. The van der Waals surface area contributed by atoms with Crippen molar-refractivity contribution in [1.29, 1.82) is 0 Å². The van der Waals surface area contributed by atoms with Gasteiger partial charge >= 0.3 is 0 Å². The van der Waals surface area contributed by atoms with E-state index < -0.39 is 0 Å². The summed E-state index contributed by atoms with van der Waals surface area (Å²) in [7, 11) is 0. The van der Waals surface area contributed by atoms with Gasteiger partial charge in [0.2, 0.25) is 5.95 Å². The fourth-order valence-corrected chi connectivity index (χ4v) is 8.55. The average Bonchev–Trinajstić information content (AvgIpc) is 3.94. The first-order chi connectivity index (χ1) is 28.2. The van der Waals surface area contributed by atoms with Crippen molar-refractivity contribution in [1.82, 2.24) is 24.1 Å². The predicted octanol–water partition coefficient (Wildman–Crippen LogP) is 13.0. The number of hydrogen-bond donors (Lipinski definition) is 0. The zero-order valence-corrected chi connectivity index (χ0v) is 30.5. The van der Waals surface area contributed by atoms with Crippen molar-refractivity contribution in [3.63, 3.8) is 0 Å². The molecule has 4 aromatic heterocycles. The van der Waals surface area contributed by atoms with Gasteiger partial charge in [-0.2, -0.15) is 9.97 Å². The second-order valence-electron chi connectivity index (χ2n) is 14.5. The van der Waals surface area contributed by atoms with Gasteiger partial charge in [0, 0.05) is 49.1 Å². The van der Waals surface area contributed by atoms with Crippen molar-refractivity contribution < 1.29 is 4.42 Å². The number of aromatic nitrogens is 5. The van der Waals surface area contributed by atoms with Gasteiger partial charge in [0.15, 0.2) is 11.6 Å². The quantitative estimate of drug-likeness (QED) is 0.177. The minimum Gasteiger partial charge on any atom is -0.456 e. The van der Waals surface area contributed by atoms with Gasteiger partial charge < -0.3 is 8.98 Å². The number of rotatable bonds is 5. The van der Waals surface area contributed by atoms with Crippen LogP contribution in [0.1, 0.15) is 0 Å². The van der Waals surface area contributed by atoms with E-state index in [9.17, 15) is 0 Å². The lowest BCUT2D eigenvalue weighted by Crippen LogP contribution is -2.06. The molecule has 8 aromatic carbocycles. The Morgan fingerprint density at radius 2 is 0.860 bits per heavy atom. The fraction of sp³-hybridized carbons (Fsp3) is 0. The Kier molecular flexibility index (Phi) is 6.83. The average molecular weight is 730 g/mol. The molecule has 0 fully saturated rings. The normalized spacial score (nSPS) is 11.9. The van der Waals surface area contributed by atoms with E-state index >= 15 is 0 Å². The van der Waals surface area contributed by atoms with Crippen LogP contribution in [0.15, 0.2) is 192 Å². The van der Waals surface area contributed by atoms with Gasteiger partial charge in [-0.25, -0.2) is 4.98 Å². The predicted molar refractivity (Wildman–Crippen MR) is 232 cm³/mol. The van der Waals surface area contributed by atoms with Gasteiger partial charge in [-0.15, -0.1) is 0 Å². The molecule has 0 unspecified atom stereocenters. The molecule has 12 rings (SSSR count). The molecule has 12 aromatic rings. The molecule has 0 N–H and O–H groups in total. The smallest absolute Gasteiger partial charge is 0.238 e. The molecule has 0 saturated carbocycles. The molecule has 0 aliphatic rings. The molecule has 0 bridgehead atoms. The Morgan fingerprint density at radius 3 is 1.65 bits per heavy atom. The maximum absolute atomic E-state index is 6.21. The number of benzene rings is 8. The molecule has 0 atom stereocenters. The lowest BCUT2D eigenvalue weighted by Gasteiger charge is -2.12. The molecule has 57 heavy (non-hydrogen) atoms. The molecule has 6 heteroatoms. The Bertz CT molecular complexity index is 3520. The Morgan fingerprint density at radius 1 is 0.316 bits per heavy atom. The molecule has 0 saturated heterocycles. The number of fused-ring (bicyclic) bond motifs is 9. The van der Waals surface area contributed by atoms with E-state index in [4.69, 9.17) is 19.4 Å². The second-order valence-corrected chi connectivity index (χ2v) is 14.5. The van der Waals surface area contributed by atoms with Crippen molar-refractivity contribution in [3.8, 4) is 45.5 Å². The number of furan rings is 1. The minimum atomic E-state index is 0.550. The summed E-state index contributed by atoms with van der Waals surface area (Å²) >= 11 is 0. The van der Waals surface area contributed by atoms with Crippen LogP contribution in [0.2, 0.25) is 0 Å². The third-order valence-corrected chi connectivity index (χ3v) is 11.2. The van der Waals surface area contributed by atoms with Crippen molar-refractivity contribution in [2.45, 2.75) is 0 Å². The molecule has 266 valence electrons. The molecule has 0 aliphatic heterocycles. The van der Waals surface area contributed by atoms with Gasteiger partial charge in [0.05, 0.1) is 22.1 Å². The number of para-hydroxylation sites is 4. The van der Waals surface area contributed by atoms with E-state index in [1.165, 1.54) is 16.3 Å². The zero-order chi connectivity index (χ0) is 37.5. The molecular weight excluding hydrogens is 699 g/mol. The highest BCUT2D eigenvalue weighted by molar-refractivity contribution is 6.11. The van der Waals surface area contributed by atoms with Crippen LogP contribution in [0.3, 0.4) is 0 Å². The third-order valence-electron chi connectivity index (χ3n) is 11.2. The van der Waals surface area contributed by atoms with E-state index in [-0.39, 0.29) is 0 Å². The molecule has 0 radical (unpaired) electrons. The Labute approximate surface area is 326 Å². The summed E-state index contributed by atoms with van der Waals surface area (Å²) in [5, 5.41) is 6.71. The summed E-state index contributed by atoms with van der Waals surface area (Å²) in [6.07, 6.45) is 0. The Hall–Kier alpha value is -7.83. The van der Waals surface area contributed by atoms with Crippen LogP contribution in [0.4, 0.5) is 0 Å². The van der Waals surface area contributed by atoms with Crippen LogP contribution in [0.25, 0.3) is 111 Å². The van der Waals surface area contributed by atoms with E-state index in [0.29, 0.717) is 17.6 Å². The van der Waals surface area contributed by atoms with Crippen LogP contribution in [-0.4, -0.2) is 24.1 Å². The van der Waals surface area contributed by atoms with Gasteiger partial charge in [-0.05, 0) is 77.9 Å². The minimum absolute atomic E-state index is 0.550. The summed E-state index contributed by atoms with van der Waals surface area (Å²) in [6, 6.07) is 65.7. The molecule has 6 nitrogen and oxygen atoms in total. The highest BCUT2D eigenvalue weighted by Crippen LogP contribution is 2.38. The standard InChI is InChI=1S/C51H31N5O/c1-3-13-32(14-4-1)33-24-27-45-41(29-33)38-18-8-11-21-44(38)56(45)51-53-49(34-25-28-48-42(30-34)40-19-9-12-22-47(40)57-48)52-50(54-51)35-23-26-39-37-17-7-10-20-43(37)55(46(39)31-35)36-15-5-2-6-16-36/h1-31H. The summed E-state index contributed by atoms with van der Waals surface area (Å²) in [5.74, 6) is 1.72. The lowest BCUT2D eigenvalue weighted by atomic mass is 10.0. The van der Waals surface area contributed by atoms with E-state index in [1.54, 1.807) is 0 Å². The topological polar surface area (TPSA) is 61.7 Å². The molecule has 0 spiro atoms. The maximum Gasteiger partial charge on any atom is 0.238 e. The summed E-state index contributed by atoms with van der Waals surface area (Å²) in [6.45, 7) is 0. The number of nitrogens with zero attached hydrogens (tertiary/aromatic N) is 5. The molecular formula is C51H31N5O. The monoisotopic (exact) mass is 729 g/mol.